The zero-order valence-corrected chi connectivity index (χ0v) is 11.6. The highest BCUT2D eigenvalue weighted by atomic mass is 35.5. The average Bonchev–Trinajstić information content (AvgIpc) is 2.45. The molecule has 20 heavy (non-hydrogen) atoms. The summed E-state index contributed by atoms with van der Waals surface area (Å²) in [6.07, 6.45) is 3.79. The van der Waals surface area contributed by atoms with Crippen LogP contribution < -0.4 is 0 Å². The third-order valence-electron chi connectivity index (χ3n) is 3.85. The van der Waals surface area contributed by atoms with Gasteiger partial charge in [0.1, 0.15) is 5.82 Å². The first kappa shape index (κ1) is 13.5. The molecule has 0 radical (unpaired) electrons. The van der Waals surface area contributed by atoms with Gasteiger partial charge in [0.25, 0.3) is 0 Å². The number of nitrogens with zero attached hydrogens (tertiary/aromatic N) is 1. The van der Waals surface area contributed by atoms with Crippen molar-refractivity contribution in [2.45, 2.75) is 31.3 Å². The van der Waals surface area contributed by atoms with Crippen LogP contribution in [0, 0.1) is 5.82 Å². The van der Waals surface area contributed by atoms with Gasteiger partial charge in [-0.15, -0.1) is 0 Å². The van der Waals surface area contributed by atoms with E-state index in [2.05, 4.69) is 4.98 Å². The van der Waals surface area contributed by atoms with E-state index in [1.54, 1.807) is 12.3 Å². The molecule has 1 aliphatic carbocycles. The number of aryl methyl sites for hydroxylation is 1. The molecule has 2 nitrogen and oxygen atoms in total. The monoisotopic (exact) mass is 291 g/mol. The molecule has 0 bridgehead atoms. The first-order chi connectivity index (χ1) is 9.65. The fourth-order valence-electron chi connectivity index (χ4n) is 2.93. The molecule has 3 rings (SSSR count). The predicted octanol–water partition coefficient (Wildman–Crippen LogP) is 4.03. The Morgan fingerprint density at radius 2 is 2.20 bits per heavy atom. The van der Waals surface area contributed by atoms with E-state index in [4.69, 9.17) is 11.6 Å². The molecule has 104 valence electrons. The minimum Gasteiger partial charge on any atom is -0.388 e. The van der Waals surface area contributed by atoms with Crippen molar-refractivity contribution in [2.75, 3.05) is 0 Å². The van der Waals surface area contributed by atoms with Crippen LogP contribution in [-0.2, 0) is 6.42 Å². The number of aliphatic hydroxyl groups is 1. The summed E-state index contributed by atoms with van der Waals surface area (Å²) in [5, 5.41) is 10.9. The summed E-state index contributed by atoms with van der Waals surface area (Å²) in [5.74, 6) is -0.526. The number of halogens is 2. The number of hydrogen-bond acceptors (Lipinski definition) is 2. The summed E-state index contributed by atoms with van der Waals surface area (Å²) in [6.45, 7) is 0. The molecule has 1 aromatic carbocycles. The quantitative estimate of drug-likeness (QED) is 0.906. The number of hydrogen-bond donors (Lipinski definition) is 1. The van der Waals surface area contributed by atoms with Crippen LogP contribution in [0.25, 0.3) is 0 Å². The Labute approximate surface area is 122 Å². The molecule has 0 saturated carbocycles. The number of aliphatic hydroxyl groups excluding tert-OH is 1. The maximum Gasteiger partial charge on any atom is 0.125 e. The lowest BCUT2D eigenvalue weighted by Crippen LogP contribution is -2.18. The Kier molecular flexibility index (Phi) is 3.72. The van der Waals surface area contributed by atoms with E-state index in [0.29, 0.717) is 10.6 Å². The van der Waals surface area contributed by atoms with E-state index < -0.39 is 11.9 Å². The molecule has 1 N–H and O–H groups in total. The normalized spacial score (nSPS) is 19.4. The Morgan fingerprint density at radius 3 is 3.00 bits per heavy atom. The van der Waals surface area contributed by atoms with Crippen molar-refractivity contribution in [1.29, 1.82) is 0 Å². The highest BCUT2D eigenvalue weighted by molar-refractivity contribution is 6.30. The maximum absolute atomic E-state index is 13.4. The number of rotatable bonds is 2. The first-order valence-corrected chi connectivity index (χ1v) is 7.11. The summed E-state index contributed by atoms with van der Waals surface area (Å²) >= 11 is 5.87. The first-order valence-electron chi connectivity index (χ1n) is 6.73. The second-order valence-corrected chi connectivity index (χ2v) is 5.63. The lowest BCUT2D eigenvalue weighted by Gasteiger charge is -2.28. The second kappa shape index (κ2) is 5.51. The molecular formula is C16H15ClFNO. The standard InChI is InChI=1S/C16H15ClFNO/c17-12-7-11(8-13(18)9-12)16(20)14-5-1-3-10-4-2-6-19-15(10)14/h2,4,6-9,14,16,20H,1,3,5H2. The molecule has 0 amide bonds. The molecule has 0 fully saturated rings. The van der Waals surface area contributed by atoms with Crippen LogP contribution in [0.15, 0.2) is 36.5 Å². The molecular weight excluding hydrogens is 277 g/mol. The molecule has 2 unspecified atom stereocenters. The molecule has 1 aromatic heterocycles. The van der Waals surface area contributed by atoms with Crippen molar-refractivity contribution in [3.8, 4) is 0 Å². The van der Waals surface area contributed by atoms with Crippen molar-refractivity contribution in [3.63, 3.8) is 0 Å². The van der Waals surface area contributed by atoms with Gasteiger partial charge in [-0.1, -0.05) is 17.7 Å². The van der Waals surface area contributed by atoms with Gasteiger partial charge in [-0.05, 0) is 54.7 Å². The van der Waals surface area contributed by atoms with Gasteiger partial charge in [0.15, 0.2) is 0 Å². The number of aromatic nitrogens is 1. The van der Waals surface area contributed by atoms with Crippen molar-refractivity contribution in [3.05, 3.63) is 64.2 Å². The van der Waals surface area contributed by atoms with Crippen molar-refractivity contribution < 1.29 is 9.50 Å². The van der Waals surface area contributed by atoms with Crippen molar-refractivity contribution in [2.24, 2.45) is 0 Å². The average molecular weight is 292 g/mol. The molecule has 4 heteroatoms. The van der Waals surface area contributed by atoms with Crippen molar-refractivity contribution in [1.82, 2.24) is 4.98 Å². The SMILES string of the molecule is OC(c1cc(F)cc(Cl)c1)C1CCCc2cccnc21. The molecule has 0 spiro atoms. The third kappa shape index (κ3) is 2.56. The van der Waals surface area contributed by atoms with Crippen LogP contribution >= 0.6 is 11.6 Å². The Balaban J connectivity index is 1.97. The van der Waals surface area contributed by atoms with Gasteiger partial charge in [-0.3, -0.25) is 4.98 Å². The maximum atomic E-state index is 13.4. The minimum absolute atomic E-state index is 0.0992. The molecule has 1 heterocycles. The Bertz CT molecular complexity index is 611. The summed E-state index contributed by atoms with van der Waals surface area (Å²) in [4.78, 5) is 4.41. The molecule has 0 saturated heterocycles. The number of pyridine rings is 1. The Hall–Kier alpha value is -1.45. The zero-order chi connectivity index (χ0) is 14.1. The van der Waals surface area contributed by atoms with Gasteiger partial charge in [0.05, 0.1) is 6.10 Å². The van der Waals surface area contributed by atoms with Gasteiger partial charge in [-0.2, -0.15) is 0 Å². The number of fused-ring (bicyclic) bond motifs is 1. The largest absolute Gasteiger partial charge is 0.388 e. The van der Waals surface area contributed by atoms with E-state index in [1.165, 1.54) is 17.7 Å². The molecule has 0 aliphatic heterocycles. The van der Waals surface area contributed by atoms with Gasteiger partial charge in [0, 0.05) is 22.8 Å². The fourth-order valence-corrected chi connectivity index (χ4v) is 3.16. The Morgan fingerprint density at radius 1 is 1.35 bits per heavy atom. The van der Waals surface area contributed by atoms with Crippen molar-refractivity contribution >= 4 is 11.6 Å². The van der Waals surface area contributed by atoms with E-state index in [-0.39, 0.29) is 5.92 Å². The van der Waals surface area contributed by atoms with Gasteiger partial charge in [0.2, 0.25) is 0 Å². The van der Waals surface area contributed by atoms with Crippen LogP contribution in [0.3, 0.4) is 0 Å². The summed E-state index contributed by atoms with van der Waals surface area (Å²) < 4.78 is 13.4. The van der Waals surface area contributed by atoms with Gasteiger partial charge >= 0.3 is 0 Å². The van der Waals surface area contributed by atoms with E-state index in [9.17, 15) is 9.50 Å². The van der Waals surface area contributed by atoms with E-state index in [1.807, 2.05) is 12.1 Å². The zero-order valence-electron chi connectivity index (χ0n) is 10.9. The topological polar surface area (TPSA) is 33.1 Å². The van der Waals surface area contributed by atoms with Gasteiger partial charge < -0.3 is 5.11 Å². The summed E-state index contributed by atoms with van der Waals surface area (Å²) in [5.41, 5.74) is 2.61. The smallest absolute Gasteiger partial charge is 0.125 e. The second-order valence-electron chi connectivity index (χ2n) is 5.19. The van der Waals surface area contributed by atoms with Crippen LogP contribution in [0.4, 0.5) is 4.39 Å². The minimum atomic E-state index is -0.780. The molecule has 2 aromatic rings. The van der Waals surface area contributed by atoms with Gasteiger partial charge in [-0.25, -0.2) is 4.39 Å². The van der Waals surface area contributed by atoms with Crippen LogP contribution in [0.5, 0.6) is 0 Å². The molecule has 1 aliphatic rings. The summed E-state index contributed by atoms with van der Waals surface area (Å²) in [6, 6.07) is 8.15. The van der Waals surface area contributed by atoms with E-state index in [0.717, 1.165) is 25.0 Å². The third-order valence-corrected chi connectivity index (χ3v) is 4.06. The summed E-state index contributed by atoms with van der Waals surface area (Å²) in [7, 11) is 0. The number of benzene rings is 1. The highest BCUT2D eigenvalue weighted by Gasteiger charge is 2.29. The fraction of sp³-hybridized carbons (Fsp3) is 0.312. The predicted molar refractivity (Wildman–Crippen MR) is 76.3 cm³/mol. The van der Waals surface area contributed by atoms with E-state index >= 15 is 0 Å². The van der Waals surface area contributed by atoms with Crippen LogP contribution in [0.2, 0.25) is 5.02 Å². The lowest BCUT2D eigenvalue weighted by atomic mass is 9.81. The van der Waals surface area contributed by atoms with Crippen LogP contribution in [0.1, 0.15) is 41.7 Å². The molecule has 2 atom stereocenters. The highest BCUT2D eigenvalue weighted by Crippen LogP contribution is 2.39. The lowest BCUT2D eigenvalue weighted by molar-refractivity contribution is 0.133. The van der Waals surface area contributed by atoms with Crippen LogP contribution in [-0.4, -0.2) is 10.1 Å².